The fraction of sp³-hybridized carbons (Fsp3) is 0.929. The summed E-state index contributed by atoms with van der Waals surface area (Å²) in [4.78, 5) is 16.9. The molecule has 0 heterocycles. The van der Waals surface area contributed by atoms with Crippen LogP contribution < -0.4 is 11.2 Å². The Labute approximate surface area is 116 Å². The molecular formula is C14H28N2O3. The van der Waals surface area contributed by atoms with Crippen LogP contribution in [-0.2, 0) is 9.57 Å². The molecular weight excluding hydrogens is 244 g/mol. The molecule has 5 nitrogen and oxygen atoms in total. The van der Waals surface area contributed by atoms with Gasteiger partial charge in [-0.1, -0.05) is 26.7 Å². The van der Waals surface area contributed by atoms with Gasteiger partial charge in [-0.05, 0) is 33.6 Å². The maximum atomic E-state index is 12.1. The van der Waals surface area contributed by atoms with E-state index in [1.54, 1.807) is 0 Å². The van der Waals surface area contributed by atoms with Crippen molar-refractivity contribution in [1.82, 2.24) is 5.32 Å². The monoisotopic (exact) mass is 272 g/mol. The third-order valence-electron chi connectivity index (χ3n) is 3.94. The van der Waals surface area contributed by atoms with E-state index >= 15 is 0 Å². The minimum Gasteiger partial charge on any atom is -0.444 e. The molecule has 0 aliphatic heterocycles. The maximum absolute atomic E-state index is 12.1. The minimum atomic E-state index is -0.488. The van der Waals surface area contributed by atoms with Crippen LogP contribution in [0.3, 0.4) is 0 Å². The molecule has 1 rings (SSSR count). The zero-order chi connectivity index (χ0) is 14.7. The minimum absolute atomic E-state index is 0.227. The zero-order valence-electron chi connectivity index (χ0n) is 12.8. The highest BCUT2D eigenvalue weighted by molar-refractivity contribution is 5.69. The Hall–Kier alpha value is -0.810. The highest BCUT2D eigenvalue weighted by atomic mass is 16.6. The van der Waals surface area contributed by atoms with Gasteiger partial charge in [-0.3, -0.25) is 0 Å². The number of nitrogens with two attached hydrogens (primary N) is 1. The Balaban J connectivity index is 2.80. The van der Waals surface area contributed by atoms with E-state index in [1.165, 1.54) is 0 Å². The van der Waals surface area contributed by atoms with Gasteiger partial charge in [0.05, 0.1) is 12.1 Å². The standard InChI is InChI=1S/C14H28N2O3/c1-12(2,3)19-11(17)16-14(8-6-7-9-14)13(4,5)10-18-15/h6-10,15H2,1-5H3,(H,16,17). The van der Waals surface area contributed by atoms with Crippen LogP contribution in [0.4, 0.5) is 4.79 Å². The van der Waals surface area contributed by atoms with Gasteiger partial charge in [0.15, 0.2) is 0 Å². The number of hydrogen-bond acceptors (Lipinski definition) is 4. The van der Waals surface area contributed by atoms with Crippen molar-refractivity contribution in [2.45, 2.75) is 71.4 Å². The first-order valence-corrected chi connectivity index (χ1v) is 6.95. The molecule has 1 fully saturated rings. The molecule has 5 heteroatoms. The number of alkyl carbamates (subject to hydrolysis) is 1. The van der Waals surface area contributed by atoms with Gasteiger partial charge in [-0.25, -0.2) is 10.7 Å². The second kappa shape index (κ2) is 5.67. The van der Waals surface area contributed by atoms with Crippen molar-refractivity contribution in [3.8, 4) is 0 Å². The van der Waals surface area contributed by atoms with E-state index in [-0.39, 0.29) is 17.0 Å². The summed E-state index contributed by atoms with van der Waals surface area (Å²) in [6, 6.07) is 0. The topological polar surface area (TPSA) is 73.6 Å². The average Bonchev–Trinajstić information content (AvgIpc) is 2.64. The van der Waals surface area contributed by atoms with Crippen molar-refractivity contribution in [3.05, 3.63) is 0 Å². The van der Waals surface area contributed by atoms with Crippen LogP contribution in [0.2, 0.25) is 0 Å². The molecule has 0 saturated heterocycles. The quantitative estimate of drug-likeness (QED) is 0.772. The lowest BCUT2D eigenvalue weighted by molar-refractivity contribution is -0.00893. The van der Waals surface area contributed by atoms with Crippen LogP contribution in [0, 0.1) is 5.41 Å². The normalized spacial score (nSPS) is 19.3. The molecule has 19 heavy (non-hydrogen) atoms. The summed E-state index contributed by atoms with van der Waals surface area (Å²) in [5.41, 5.74) is -1.01. The highest BCUT2D eigenvalue weighted by Gasteiger charge is 2.48. The lowest BCUT2D eigenvalue weighted by Crippen LogP contribution is -2.58. The van der Waals surface area contributed by atoms with Gasteiger partial charge in [0.1, 0.15) is 5.60 Å². The van der Waals surface area contributed by atoms with Gasteiger partial charge in [-0.15, -0.1) is 0 Å². The molecule has 0 aromatic heterocycles. The number of rotatable bonds is 4. The summed E-state index contributed by atoms with van der Waals surface area (Å²) in [5.74, 6) is 5.23. The number of hydrogen-bond donors (Lipinski definition) is 2. The van der Waals surface area contributed by atoms with E-state index in [0.29, 0.717) is 6.61 Å². The summed E-state index contributed by atoms with van der Waals surface area (Å²) in [6.45, 7) is 10.1. The van der Waals surface area contributed by atoms with Crippen molar-refractivity contribution < 1.29 is 14.4 Å². The number of carbonyl (C=O) groups excluding carboxylic acids is 1. The van der Waals surface area contributed by atoms with Gasteiger partial charge in [0, 0.05) is 5.41 Å². The molecule has 0 aromatic rings. The number of nitrogens with one attached hydrogen (secondary N) is 1. The van der Waals surface area contributed by atoms with Gasteiger partial charge < -0.3 is 14.9 Å². The molecule has 1 aliphatic carbocycles. The van der Waals surface area contributed by atoms with Crippen molar-refractivity contribution >= 4 is 6.09 Å². The second-order valence-corrected chi connectivity index (χ2v) is 7.11. The molecule has 0 bridgehead atoms. The smallest absolute Gasteiger partial charge is 0.408 e. The summed E-state index contributed by atoms with van der Waals surface area (Å²) < 4.78 is 5.38. The van der Waals surface area contributed by atoms with Gasteiger partial charge in [-0.2, -0.15) is 0 Å². The van der Waals surface area contributed by atoms with Gasteiger partial charge >= 0.3 is 6.09 Å². The van der Waals surface area contributed by atoms with Crippen LogP contribution >= 0.6 is 0 Å². The van der Waals surface area contributed by atoms with E-state index < -0.39 is 5.60 Å². The number of ether oxygens (including phenoxy) is 1. The van der Waals surface area contributed by atoms with E-state index in [1.807, 2.05) is 20.8 Å². The maximum Gasteiger partial charge on any atom is 0.408 e. The first kappa shape index (κ1) is 16.2. The van der Waals surface area contributed by atoms with Crippen molar-refractivity contribution in [2.24, 2.45) is 11.3 Å². The van der Waals surface area contributed by atoms with Crippen LogP contribution in [0.15, 0.2) is 0 Å². The molecule has 0 unspecified atom stereocenters. The van der Waals surface area contributed by atoms with E-state index in [4.69, 9.17) is 15.5 Å². The highest BCUT2D eigenvalue weighted by Crippen LogP contribution is 2.43. The Kier molecular flexibility index (Phi) is 4.85. The third kappa shape index (κ3) is 4.08. The number of amides is 1. The molecule has 0 spiro atoms. The summed E-state index contributed by atoms with van der Waals surface area (Å²) in [6.07, 6.45) is 3.71. The summed E-state index contributed by atoms with van der Waals surface area (Å²) >= 11 is 0. The van der Waals surface area contributed by atoms with Crippen LogP contribution in [-0.4, -0.2) is 23.8 Å². The number of carbonyl (C=O) groups is 1. The molecule has 3 N–H and O–H groups in total. The second-order valence-electron chi connectivity index (χ2n) is 7.11. The lowest BCUT2D eigenvalue weighted by Gasteiger charge is -2.44. The molecule has 0 aromatic carbocycles. The Bertz CT molecular complexity index is 315. The average molecular weight is 272 g/mol. The van der Waals surface area contributed by atoms with Crippen molar-refractivity contribution in [3.63, 3.8) is 0 Å². The Morgan fingerprint density at radius 3 is 2.16 bits per heavy atom. The largest absolute Gasteiger partial charge is 0.444 e. The first-order chi connectivity index (χ1) is 8.62. The fourth-order valence-electron chi connectivity index (χ4n) is 2.79. The predicted molar refractivity (Wildman–Crippen MR) is 74.5 cm³/mol. The third-order valence-corrected chi connectivity index (χ3v) is 3.94. The Morgan fingerprint density at radius 2 is 1.74 bits per heavy atom. The SMILES string of the molecule is CC(C)(C)OC(=O)NC1(C(C)(C)CON)CCCC1. The Morgan fingerprint density at radius 1 is 1.21 bits per heavy atom. The molecule has 1 saturated carbocycles. The van der Waals surface area contributed by atoms with Crippen LogP contribution in [0.25, 0.3) is 0 Å². The van der Waals surface area contributed by atoms with Crippen molar-refractivity contribution in [1.29, 1.82) is 0 Å². The van der Waals surface area contributed by atoms with Gasteiger partial charge in [0.2, 0.25) is 0 Å². The molecule has 0 radical (unpaired) electrons. The lowest BCUT2D eigenvalue weighted by atomic mass is 9.71. The van der Waals surface area contributed by atoms with Crippen LogP contribution in [0.5, 0.6) is 0 Å². The zero-order valence-corrected chi connectivity index (χ0v) is 12.8. The van der Waals surface area contributed by atoms with E-state index in [9.17, 15) is 4.79 Å². The van der Waals surface area contributed by atoms with E-state index in [0.717, 1.165) is 25.7 Å². The summed E-state index contributed by atoms with van der Waals surface area (Å²) in [7, 11) is 0. The summed E-state index contributed by atoms with van der Waals surface area (Å²) in [5, 5.41) is 3.08. The van der Waals surface area contributed by atoms with Crippen LogP contribution in [0.1, 0.15) is 60.3 Å². The molecule has 112 valence electrons. The van der Waals surface area contributed by atoms with Gasteiger partial charge in [0.25, 0.3) is 0 Å². The fourth-order valence-corrected chi connectivity index (χ4v) is 2.79. The molecule has 1 aliphatic rings. The van der Waals surface area contributed by atoms with E-state index in [2.05, 4.69) is 19.2 Å². The molecule has 0 atom stereocenters. The molecule has 1 amide bonds. The first-order valence-electron chi connectivity index (χ1n) is 6.95. The predicted octanol–water partition coefficient (Wildman–Crippen LogP) is 2.74. The van der Waals surface area contributed by atoms with Crippen molar-refractivity contribution in [2.75, 3.05) is 6.61 Å².